The van der Waals surface area contributed by atoms with E-state index in [0.717, 1.165) is 0 Å². The second-order valence-corrected chi connectivity index (χ2v) is 0.316. The van der Waals surface area contributed by atoms with Crippen LogP contribution < -0.4 is 29.6 Å². The fourth-order valence-corrected chi connectivity index (χ4v) is 0. The van der Waals surface area contributed by atoms with E-state index in [4.69, 9.17) is 5.11 Å². The Balaban J connectivity index is -0.00000000667. The van der Waals surface area contributed by atoms with E-state index in [1.165, 1.54) is 0 Å². The van der Waals surface area contributed by atoms with Crippen molar-refractivity contribution in [3.8, 4) is 0 Å². The molecular formula is C2H8BrNaO. The molecule has 0 aromatic carbocycles. The van der Waals surface area contributed by atoms with Crippen molar-refractivity contribution in [1.82, 2.24) is 0 Å². The van der Waals surface area contributed by atoms with Crippen LogP contribution in [0.4, 0.5) is 0 Å². The van der Waals surface area contributed by atoms with E-state index < -0.39 is 0 Å². The van der Waals surface area contributed by atoms with Crippen molar-refractivity contribution >= 4 is 17.0 Å². The SMILES string of the molecule is Br.CCO.[H-].[Na+]. The van der Waals surface area contributed by atoms with Crippen LogP contribution in [0, 0.1) is 0 Å². The van der Waals surface area contributed by atoms with Gasteiger partial charge < -0.3 is 6.53 Å². The van der Waals surface area contributed by atoms with Crippen molar-refractivity contribution in [3.63, 3.8) is 0 Å². The summed E-state index contributed by atoms with van der Waals surface area (Å²) < 4.78 is 0. The molecule has 0 aromatic rings. The average Bonchev–Trinajstić information content (AvgIpc) is 0.918. The van der Waals surface area contributed by atoms with Gasteiger partial charge in [-0.15, -0.1) is 17.0 Å². The smallest absolute Gasteiger partial charge is 1.00 e. The summed E-state index contributed by atoms with van der Waals surface area (Å²) in [6.45, 7) is 1.93. The standard InChI is InChI=1S/C2H6O.BrH.Na.H/c1-2-3;;;/h3H,2H2,1H3;1H;;/q;;+1;-1. The van der Waals surface area contributed by atoms with Crippen molar-refractivity contribution in [3.05, 3.63) is 0 Å². The van der Waals surface area contributed by atoms with Crippen LogP contribution in [0.1, 0.15) is 8.35 Å². The van der Waals surface area contributed by atoms with Gasteiger partial charge in [0, 0.05) is 6.61 Å². The zero-order chi connectivity index (χ0) is 2.71. The molecule has 0 saturated carbocycles. The molecule has 0 aliphatic heterocycles. The minimum absolute atomic E-state index is 0. The van der Waals surface area contributed by atoms with Crippen molar-refractivity contribution in [2.24, 2.45) is 0 Å². The van der Waals surface area contributed by atoms with Crippen LogP contribution >= 0.6 is 17.0 Å². The maximum Gasteiger partial charge on any atom is 1.00 e. The topological polar surface area (TPSA) is 20.2 Å². The van der Waals surface area contributed by atoms with Crippen LogP contribution in [-0.2, 0) is 0 Å². The molecule has 0 atom stereocenters. The average molecular weight is 151 g/mol. The number of aliphatic hydroxyl groups is 1. The Bertz CT molecular complexity index is 13.5. The summed E-state index contributed by atoms with van der Waals surface area (Å²) in [7, 11) is 0. The molecule has 0 heterocycles. The molecule has 3 heteroatoms. The Morgan fingerprint density at radius 3 is 1.80 bits per heavy atom. The largest absolute Gasteiger partial charge is 1.00 e. The van der Waals surface area contributed by atoms with Gasteiger partial charge in [0.2, 0.25) is 0 Å². The summed E-state index contributed by atoms with van der Waals surface area (Å²) >= 11 is 0. The summed E-state index contributed by atoms with van der Waals surface area (Å²) in [5.41, 5.74) is 0. The van der Waals surface area contributed by atoms with Gasteiger partial charge in [0.1, 0.15) is 0 Å². The molecule has 0 saturated heterocycles. The Morgan fingerprint density at radius 2 is 1.80 bits per heavy atom. The van der Waals surface area contributed by atoms with Gasteiger partial charge in [-0.3, -0.25) is 0 Å². The fourth-order valence-electron chi connectivity index (χ4n) is 0. The van der Waals surface area contributed by atoms with Crippen molar-refractivity contribution in [2.45, 2.75) is 6.92 Å². The molecule has 0 aliphatic rings. The first-order valence-corrected chi connectivity index (χ1v) is 1.02. The summed E-state index contributed by atoms with van der Waals surface area (Å²) in [6.07, 6.45) is 0. The molecule has 1 N–H and O–H groups in total. The molecule has 0 radical (unpaired) electrons. The van der Waals surface area contributed by atoms with Gasteiger partial charge in [0.15, 0.2) is 0 Å². The number of rotatable bonds is 0. The molecule has 0 amide bonds. The summed E-state index contributed by atoms with van der Waals surface area (Å²) in [4.78, 5) is 0. The van der Waals surface area contributed by atoms with E-state index in [0.29, 0.717) is 0 Å². The van der Waals surface area contributed by atoms with Crippen LogP contribution in [0.2, 0.25) is 0 Å². The molecule has 5 heavy (non-hydrogen) atoms. The summed E-state index contributed by atoms with van der Waals surface area (Å²) in [5, 5.41) is 7.57. The molecule has 1 nitrogen and oxygen atoms in total. The van der Waals surface area contributed by atoms with E-state index in [1.54, 1.807) is 6.92 Å². The number of hydrogen-bond acceptors (Lipinski definition) is 1. The van der Waals surface area contributed by atoms with Gasteiger partial charge in [-0.2, -0.15) is 0 Å². The third-order valence-electron chi connectivity index (χ3n) is 0. The molecule has 0 fully saturated rings. The van der Waals surface area contributed by atoms with Gasteiger partial charge in [-0.25, -0.2) is 0 Å². The summed E-state index contributed by atoms with van der Waals surface area (Å²) in [5.74, 6) is 0. The first-order chi connectivity index (χ1) is 1.41. The second-order valence-electron chi connectivity index (χ2n) is 0.316. The maximum absolute atomic E-state index is 7.57. The molecule has 0 bridgehead atoms. The number of hydrogen-bond donors (Lipinski definition) is 1. The van der Waals surface area contributed by atoms with Crippen molar-refractivity contribution in [1.29, 1.82) is 0 Å². The zero-order valence-corrected chi connectivity index (χ0v) is 7.28. The first-order valence-electron chi connectivity index (χ1n) is 1.02. The third-order valence-corrected chi connectivity index (χ3v) is 0. The Labute approximate surface area is 66.3 Å². The van der Waals surface area contributed by atoms with Gasteiger partial charge in [0.05, 0.1) is 0 Å². The molecule has 0 spiro atoms. The monoisotopic (exact) mass is 150 g/mol. The van der Waals surface area contributed by atoms with Gasteiger partial charge >= 0.3 is 29.6 Å². The second kappa shape index (κ2) is 18.0. The minimum atomic E-state index is 0. The molecule has 0 rings (SSSR count). The molecular weight excluding hydrogens is 143 g/mol. The zero-order valence-electron chi connectivity index (χ0n) is 4.56. The Kier molecular flexibility index (Phi) is 58.0. The van der Waals surface area contributed by atoms with E-state index >= 15 is 0 Å². The Hall–Kier alpha value is 1.44. The van der Waals surface area contributed by atoms with Gasteiger partial charge in [0.25, 0.3) is 0 Å². The van der Waals surface area contributed by atoms with Crippen LogP contribution in [-0.4, -0.2) is 11.7 Å². The first kappa shape index (κ1) is 16.1. The minimum Gasteiger partial charge on any atom is -1.00 e. The molecule has 0 aromatic heterocycles. The predicted octanol–water partition coefficient (Wildman–Crippen LogP) is -2.31. The van der Waals surface area contributed by atoms with Crippen LogP contribution in [0.3, 0.4) is 0 Å². The third kappa shape index (κ3) is 31.0. The van der Waals surface area contributed by atoms with Crippen LogP contribution in [0.5, 0.6) is 0 Å². The number of aliphatic hydroxyl groups excluding tert-OH is 1. The quantitative estimate of drug-likeness (QED) is 0.386. The summed E-state index contributed by atoms with van der Waals surface area (Å²) in [6, 6.07) is 0. The van der Waals surface area contributed by atoms with Gasteiger partial charge in [-0.05, 0) is 6.92 Å². The van der Waals surface area contributed by atoms with E-state index in [-0.39, 0.29) is 54.6 Å². The molecule has 0 unspecified atom stereocenters. The number of halogens is 1. The van der Waals surface area contributed by atoms with Crippen molar-refractivity contribution < 1.29 is 36.1 Å². The molecule has 0 aliphatic carbocycles. The molecule has 30 valence electrons. The van der Waals surface area contributed by atoms with Gasteiger partial charge in [-0.1, -0.05) is 0 Å². The fraction of sp³-hybridized carbons (Fsp3) is 1.00. The normalized spacial score (nSPS) is 3.60. The van der Waals surface area contributed by atoms with Crippen LogP contribution in [0.15, 0.2) is 0 Å². The van der Waals surface area contributed by atoms with Crippen molar-refractivity contribution in [2.75, 3.05) is 6.61 Å². The van der Waals surface area contributed by atoms with E-state index in [1.807, 2.05) is 0 Å². The maximum atomic E-state index is 7.57. The van der Waals surface area contributed by atoms with E-state index in [2.05, 4.69) is 0 Å². The predicted molar refractivity (Wildman–Crippen MR) is 24.2 cm³/mol. The van der Waals surface area contributed by atoms with Crippen LogP contribution in [0.25, 0.3) is 0 Å². The Morgan fingerprint density at radius 1 is 1.80 bits per heavy atom. The van der Waals surface area contributed by atoms with E-state index in [9.17, 15) is 0 Å².